The fraction of sp³-hybridized carbons (Fsp3) is 0.316. The third-order valence-corrected chi connectivity index (χ3v) is 9.86. The summed E-state index contributed by atoms with van der Waals surface area (Å²) in [5, 5.41) is 15.7. The van der Waals surface area contributed by atoms with Gasteiger partial charge < -0.3 is 25.3 Å². The Labute approximate surface area is 280 Å². The first-order chi connectivity index (χ1) is 23.0. The number of anilines is 3. The Morgan fingerprint density at radius 2 is 1.43 bits per heavy atom. The number of nitrogens with one attached hydrogen (secondary N) is 3. The number of aromatic nitrogens is 3. The van der Waals surface area contributed by atoms with Crippen LogP contribution in [0.4, 0.5) is 17.5 Å². The van der Waals surface area contributed by atoms with Gasteiger partial charge in [0.2, 0.25) is 11.8 Å². The predicted molar refractivity (Wildman–Crippen MR) is 196 cm³/mol. The van der Waals surface area contributed by atoms with Crippen molar-refractivity contribution in [1.82, 2.24) is 20.3 Å². The molecule has 4 aromatic carbocycles. The fourth-order valence-corrected chi connectivity index (χ4v) is 7.56. The maximum absolute atomic E-state index is 6.40. The number of fused-ring (bicyclic) bond motifs is 7. The van der Waals surface area contributed by atoms with Crippen molar-refractivity contribution in [3.05, 3.63) is 84.1 Å². The number of hydrogen-bond acceptors (Lipinski definition) is 7. The van der Waals surface area contributed by atoms with Gasteiger partial charge in [-0.15, -0.1) is 0 Å². The maximum atomic E-state index is 6.40. The van der Waals surface area contributed by atoms with Gasteiger partial charge >= 0.3 is 0 Å². The molecule has 8 rings (SSSR count). The Bertz CT molecular complexity index is 2030. The highest BCUT2D eigenvalue weighted by Crippen LogP contribution is 2.37. The molecule has 0 atom stereocenters. The van der Waals surface area contributed by atoms with Gasteiger partial charge in [0, 0.05) is 53.8 Å². The molecule has 9 heteroatoms. The van der Waals surface area contributed by atoms with Gasteiger partial charge in [-0.3, -0.25) is 0 Å². The summed E-state index contributed by atoms with van der Waals surface area (Å²) in [6, 6.07) is 25.6. The van der Waals surface area contributed by atoms with E-state index in [2.05, 4.69) is 77.4 Å². The van der Waals surface area contributed by atoms with Gasteiger partial charge in [-0.1, -0.05) is 48.5 Å². The van der Waals surface area contributed by atoms with Gasteiger partial charge in [0.1, 0.15) is 11.3 Å². The Morgan fingerprint density at radius 3 is 2.17 bits per heavy atom. The van der Waals surface area contributed by atoms with Crippen molar-refractivity contribution in [2.24, 2.45) is 0 Å². The third-order valence-electron chi connectivity index (χ3n) is 9.64. The molecule has 47 heavy (non-hydrogen) atoms. The Morgan fingerprint density at radius 1 is 0.766 bits per heavy atom. The van der Waals surface area contributed by atoms with E-state index in [-0.39, 0.29) is 0 Å². The van der Waals surface area contributed by atoms with Crippen LogP contribution in [-0.4, -0.2) is 46.2 Å². The number of nitrogens with zero attached hydrogens (tertiary/aromatic N) is 4. The van der Waals surface area contributed by atoms with Crippen LogP contribution in [0.3, 0.4) is 0 Å². The number of benzene rings is 4. The summed E-state index contributed by atoms with van der Waals surface area (Å²) in [4.78, 5) is 16.9. The van der Waals surface area contributed by atoms with E-state index < -0.39 is 0 Å². The quantitative estimate of drug-likeness (QED) is 0.123. The molecule has 0 saturated heterocycles. The van der Waals surface area contributed by atoms with Crippen LogP contribution in [0.1, 0.15) is 49.8 Å². The lowest BCUT2D eigenvalue weighted by Crippen LogP contribution is -2.42. The number of rotatable bonds is 6. The van der Waals surface area contributed by atoms with Crippen molar-refractivity contribution in [3.63, 3.8) is 0 Å². The number of aryl methyl sites for hydroxylation is 1. The molecule has 1 fully saturated rings. The first-order valence-corrected chi connectivity index (χ1v) is 17.1. The zero-order valence-corrected chi connectivity index (χ0v) is 27.7. The zero-order valence-electron chi connectivity index (χ0n) is 26.8. The third kappa shape index (κ3) is 5.84. The van der Waals surface area contributed by atoms with Gasteiger partial charge in [0.25, 0.3) is 0 Å². The van der Waals surface area contributed by atoms with Crippen molar-refractivity contribution in [2.75, 3.05) is 29.6 Å². The summed E-state index contributed by atoms with van der Waals surface area (Å²) in [6.45, 7) is 0. The monoisotopic (exact) mass is 641 g/mol. The van der Waals surface area contributed by atoms with Crippen LogP contribution in [0.5, 0.6) is 0 Å². The first-order valence-electron chi connectivity index (χ1n) is 16.7. The van der Waals surface area contributed by atoms with E-state index in [1.165, 1.54) is 34.9 Å². The van der Waals surface area contributed by atoms with Crippen LogP contribution in [-0.2, 0) is 12.8 Å². The van der Waals surface area contributed by atoms with Gasteiger partial charge in [0.15, 0.2) is 10.7 Å². The fourth-order valence-electron chi connectivity index (χ4n) is 7.27. The topological polar surface area (TPSA) is 91.1 Å². The lowest BCUT2D eigenvalue weighted by atomic mass is 9.91. The average molecular weight is 642 g/mol. The minimum Gasteiger partial charge on any atom is -0.435 e. The summed E-state index contributed by atoms with van der Waals surface area (Å²) in [5.74, 6) is 2.44. The SMILES string of the molecule is CN(C)c1nc(N[C@H]2CC[C@@H](NC(=S)Nc3ccc(-c4nc5c6ccccc6c6ccccc6c5o4)cc3)CC2)nc2c1CCCC2. The highest BCUT2D eigenvalue weighted by molar-refractivity contribution is 7.80. The molecule has 6 aromatic rings. The second-order valence-corrected chi connectivity index (χ2v) is 13.5. The molecule has 2 aromatic heterocycles. The second kappa shape index (κ2) is 12.4. The molecule has 0 aliphatic heterocycles. The highest BCUT2D eigenvalue weighted by atomic mass is 32.1. The lowest BCUT2D eigenvalue weighted by Gasteiger charge is -2.31. The molecule has 0 spiro atoms. The highest BCUT2D eigenvalue weighted by Gasteiger charge is 2.24. The van der Waals surface area contributed by atoms with Gasteiger partial charge in [-0.25, -0.2) is 9.97 Å². The van der Waals surface area contributed by atoms with Crippen molar-refractivity contribution in [1.29, 1.82) is 0 Å². The largest absolute Gasteiger partial charge is 0.435 e. The second-order valence-electron chi connectivity index (χ2n) is 13.1. The van der Waals surface area contributed by atoms with Crippen LogP contribution >= 0.6 is 12.2 Å². The average Bonchev–Trinajstić information content (AvgIpc) is 3.55. The molecule has 0 radical (unpaired) electrons. The van der Waals surface area contributed by atoms with Crippen molar-refractivity contribution in [3.8, 4) is 11.5 Å². The van der Waals surface area contributed by atoms with Crippen LogP contribution in [0.2, 0.25) is 0 Å². The van der Waals surface area contributed by atoms with Gasteiger partial charge in [-0.2, -0.15) is 4.98 Å². The van der Waals surface area contributed by atoms with Crippen molar-refractivity contribution >= 4 is 67.4 Å². The predicted octanol–water partition coefficient (Wildman–Crippen LogP) is 8.25. The van der Waals surface area contributed by atoms with E-state index >= 15 is 0 Å². The smallest absolute Gasteiger partial charge is 0.227 e. The first kappa shape index (κ1) is 29.6. The van der Waals surface area contributed by atoms with E-state index in [1.54, 1.807) is 0 Å². The van der Waals surface area contributed by atoms with E-state index in [9.17, 15) is 0 Å². The molecule has 1 saturated carbocycles. The number of hydrogen-bond donors (Lipinski definition) is 3. The van der Waals surface area contributed by atoms with Crippen molar-refractivity contribution in [2.45, 2.75) is 63.5 Å². The molecular formula is C38H39N7OS. The summed E-state index contributed by atoms with van der Waals surface area (Å²) in [7, 11) is 4.15. The molecule has 2 aliphatic carbocycles. The molecule has 0 bridgehead atoms. The van der Waals surface area contributed by atoms with Crippen LogP contribution in [0.25, 0.3) is 44.1 Å². The summed E-state index contributed by atoms with van der Waals surface area (Å²) < 4.78 is 6.40. The molecule has 2 heterocycles. The summed E-state index contributed by atoms with van der Waals surface area (Å²) >= 11 is 5.71. The van der Waals surface area contributed by atoms with Crippen LogP contribution < -0.4 is 20.9 Å². The molecule has 0 amide bonds. The molecule has 238 valence electrons. The van der Waals surface area contributed by atoms with Crippen LogP contribution in [0, 0.1) is 0 Å². The number of oxazole rings is 1. The van der Waals surface area contributed by atoms with Gasteiger partial charge in [-0.05, 0) is 98.6 Å². The molecule has 2 aliphatic rings. The normalized spacial score (nSPS) is 17.8. The molecule has 0 unspecified atom stereocenters. The Hall–Kier alpha value is -4.76. The van der Waals surface area contributed by atoms with Crippen LogP contribution in [0.15, 0.2) is 77.2 Å². The molecule has 3 N–H and O–H groups in total. The Balaban J connectivity index is 0.893. The van der Waals surface area contributed by atoms with Crippen molar-refractivity contribution < 1.29 is 4.42 Å². The minimum absolute atomic E-state index is 0.332. The summed E-state index contributed by atoms with van der Waals surface area (Å²) in [6.07, 6.45) is 8.70. The number of thiocarbonyl (C=S) groups is 1. The van der Waals surface area contributed by atoms with E-state index in [1.807, 2.05) is 30.3 Å². The van der Waals surface area contributed by atoms with E-state index in [0.29, 0.717) is 23.1 Å². The lowest BCUT2D eigenvalue weighted by molar-refractivity contribution is 0.387. The Kier molecular flexibility index (Phi) is 7.85. The molecule has 8 nitrogen and oxygen atoms in total. The standard InChI is InChI=1S/C38H39N7OS/c1-45(2)35-31-13-7-8-14-32(31)42-37(44-35)39-24-19-21-26(22-20-24)41-38(47)40-25-17-15-23(16-18-25)36-43-33-29-11-5-3-9-27(29)28-10-4-6-12-30(28)34(33)46-36/h3-6,9-12,15-18,24,26H,7-8,13-14,19-22H2,1-2H3,(H,39,42,44)(H2,40,41,47)/t24-,26+. The van der Waals surface area contributed by atoms with Gasteiger partial charge in [0.05, 0.1) is 5.69 Å². The minimum atomic E-state index is 0.332. The summed E-state index contributed by atoms with van der Waals surface area (Å²) in [5.41, 5.74) is 6.10. The van der Waals surface area contributed by atoms with E-state index in [0.717, 1.165) is 83.4 Å². The zero-order chi connectivity index (χ0) is 31.9. The maximum Gasteiger partial charge on any atom is 0.227 e. The molecular weight excluding hydrogens is 603 g/mol. The van der Waals surface area contributed by atoms with E-state index in [4.69, 9.17) is 31.6 Å².